The smallest absolute Gasteiger partial charge is 0.145 e. The molecule has 0 unspecified atom stereocenters. The summed E-state index contributed by atoms with van der Waals surface area (Å²) in [5.41, 5.74) is 19.3. The van der Waals surface area contributed by atoms with Crippen molar-refractivity contribution in [1.29, 1.82) is 0 Å². The standard InChI is InChI=1S/C71H42N10/c1-2-18-56(19-3-1)81-70-58-21-13-27-73-68(58)67-57(20-12-26-72-67)69(70)80-71(81)51-33-47(49-35-63(52-28-43-14-4-8-22-59(43)74-39-52)78-64(36-49)53-29-44-15-5-9-23-60(44)75-40-53)32-48(34-51)50-37-65(54-30-45-16-6-10-24-61(45)76-41-54)79-66(38-50)55-31-46-17-7-11-25-62(46)77-42-55/h1-42H. The predicted octanol–water partition coefficient (Wildman–Crippen LogP) is 16.8. The second-order valence-electron chi connectivity index (χ2n) is 20.3. The molecule has 10 nitrogen and oxygen atoms in total. The first kappa shape index (κ1) is 45.9. The number of hydrogen-bond donors (Lipinski definition) is 0. The van der Waals surface area contributed by atoms with Crippen molar-refractivity contribution >= 4 is 76.5 Å². The van der Waals surface area contributed by atoms with E-state index in [1.54, 1.807) is 0 Å². The van der Waals surface area contributed by atoms with Gasteiger partial charge in [-0.1, -0.05) is 91.0 Å². The van der Waals surface area contributed by atoms with Crippen LogP contribution >= 0.6 is 0 Å². The number of imidazole rings is 1. The van der Waals surface area contributed by atoms with Gasteiger partial charge in [0.05, 0.1) is 66.9 Å². The van der Waals surface area contributed by atoms with Crippen molar-refractivity contribution in [2.45, 2.75) is 0 Å². The fourth-order valence-corrected chi connectivity index (χ4v) is 11.4. The Morgan fingerprint density at radius 3 is 1.07 bits per heavy atom. The molecule has 0 saturated carbocycles. The summed E-state index contributed by atoms with van der Waals surface area (Å²) in [7, 11) is 0. The number of fused-ring (bicyclic) bond motifs is 10. The Labute approximate surface area is 463 Å². The van der Waals surface area contributed by atoms with Gasteiger partial charge in [-0.2, -0.15) is 0 Å². The summed E-state index contributed by atoms with van der Waals surface area (Å²) in [6, 6.07) is 75.6. The van der Waals surface area contributed by atoms with Crippen LogP contribution in [0.25, 0.3) is 161 Å². The first-order chi connectivity index (χ1) is 40.1. The fourth-order valence-electron chi connectivity index (χ4n) is 11.4. The highest BCUT2D eigenvalue weighted by Crippen LogP contribution is 2.42. The highest BCUT2D eigenvalue weighted by molar-refractivity contribution is 6.22. The molecule has 9 heterocycles. The lowest BCUT2D eigenvalue weighted by Crippen LogP contribution is -1.99. The average Bonchev–Trinajstić information content (AvgIpc) is 4.21. The third-order valence-electron chi connectivity index (χ3n) is 15.3. The second-order valence-corrected chi connectivity index (χ2v) is 20.3. The Balaban J connectivity index is 1.000. The van der Waals surface area contributed by atoms with E-state index in [9.17, 15) is 0 Å². The molecule has 0 aliphatic carbocycles. The van der Waals surface area contributed by atoms with Gasteiger partial charge >= 0.3 is 0 Å². The van der Waals surface area contributed by atoms with E-state index in [4.69, 9.17) is 44.9 Å². The molecule has 81 heavy (non-hydrogen) atoms. The van der Waals surface area contributed by atoms with Gasteiger partial charge in [0.15, 0.2) is 0 Å². The molecule has 0 spiro atoms. The first-order valence-electron chi connectivity index (χ1n) is 26.8. The monoisotopic (exact) mass is 1030 g/mol. The van der Waals surface area contributed by atoms with Crippen LogP contribution in [-0.2, 0) is 0 Å². The Hall–Kier alpha value is -11.2. The van der Waals surface area contributed by atoms with E-state index in [2.05, 4.69) is 132 Å². The van der Waals surface area contributed by atoms with Gasteiger partial charge in [-0.05, 0) is 150 Å². The largest absolute Gasteiger partial charge is 0.292 e. The van der Waals surface area contributed by atoms with E-state index < -0.39 is 0 Å². The molecule has 10 heteroatoms. The molecule has 16 rings (SSSR count). The molecule has 0 aliphatic heterocycles. The van der Waals surface area contributed by atoms with E-state index >= 15 is 0 Å². The van der Waals surface area contributed by atoms with Crippen LogP contribution in [0.4, 0.5) is 0 Å². The predicted molar refractivity (Wildman–Crippen MR) is 327 cm³/mol. The molecule has 0 atom stereocenters. The second kappa shape index (κ2) is 18.8. The Kier molecular flexibility index (Phi) is 10.6. The maximum absolute atomic E-state index is 5.72. The van der Waals surface area contributed by atoms with Crippen molar-refractivity contribution in [1.82, 2.24) is 49.4 Å². The fraction of sp³-hybridized carbons (Fsp3) is 0. The van der Waals surface area contributed by atoms with Gasteiger partial charge in [0.1, 0.15) is 5.82 Å². The molecule has 376 valence electrons. The van der Waals surface area contributed by atoms with Gasteiger partial charge in [0.2, 0.25) is 0 Å². The van der Waals surface area contributed by atoms with E-state index in [0.29, 0.717) is 0 Å². The van der Waals surface area contributed by atoms with Crippen LogP contribution in [-0.4, -0.2) is 49.4 Å². The van der Waals surface area contributed by atoms with E-state index in [-0.39, 0.29) is 0 Å². The lowest BCUT2D eigenvalue weighted by molar-refractivity contribution is 1.11. The summed E-state index contributed by atoms with van der Waals surface area (Å²) in [4.78, 5) is 46.1. The molecule has 0 radical (unpaired) electrons. The number of nitrogens with zero attached hydrogens (tertiary/aromatic N) is 10. The number of benzene rings is 7. The molecule has 0 N–H and O–H groups in total. The van der Waals surface area contributed by atoms with Crippen LogP contribution in [0.3, 0.4) is 0 Å². The van der Waals surface area contributed by atoms with Crippen molar-refractivity contribution in [3.05, 3.63) is 256 Å². The first-order valence-corrected chi connectivity index (χ1v) is 26.8. The van der Waals surface area contributed by atoms with Crippen molar-refractivity contribution in [2.24, 2.45) is 0 Å². The third-order valence-corrected chi connectivity index (χ3v) is 15.3. The van der Waals surface area contributed by atoms with Crippen molar-refractivity contribution in [2.75, 3.05) is 0 Å². The van der Waals surface area contributed by atoms with Gasteiger partial charge in [0.25, 0.3) is 0 Å². The van der Waals surface area contributed by atoms with Crippen molar-refractivity contribution in [3.8, 4) is 84.4 Å². The number of hydrogen-bond acceptors (Lipinski definition) is 9. The Morgan fingerprint density at radius 2 is 0.630 bits per heavy atom. The minimum atomic E-state index is 0.750. The number of rotatable bonds is 8. The zero-order valence-corrected chi connectivity index (χ0v) is 43.2. The zero-order valence-electron chi connectivity index (χ0n) is 43.2. The molecule has 7 aromatic carbocycles. The molecule has 0 amide bonds. The lowest BCUT2D eigenvalue weighted by Gasteiger charge is -2.16. The molecule has 9 aromatic heterocycles. The van der Waals surface area contributed by atoms with Crippen LogP contribution in [0, 0.1) is 0 Å². The SMILES string of the molecule is c1ccc(-n2c(-c3cc(-c4cc(-c5cnc6ccccc6c5)nc(-c5cnc6ccccc6c5)c4)cc(-c4cc(-c5cnc6ccccc6c5)nc(-c5cnc6ccccc6c5)c4)c3)nc3c4cccnc4c4ncccc4c32)cc1. The van der Waals surface area contributed by atoms with Crippen LogP contribution in [0.1, 0.15) is 0 Å². The highest BCUT2D eigenvalue weighted by Gasteiger charge is 2.24. The maximum Gasteiger partial charge on any atom is 0.145 e. The number of pyridine rings is 8. The minimum Gasteiger partial charge on any atom is -0.292 e. The van der Waals surface area contributed by atoms with Crippen molar-refractivity contribution in [3.63, 3.8) is 0 Å². The van der Waals surface area contributed by atoms with Gasteiger partial charge in [-0.3, -0.25) is 34.5 Å². The third kappa shape index (κ3) is 8.08. The molecule has 0 bridgehead atoms. The van der Waals surface area contributed by atoms with Crippen molar-refractivity contribution < 1.29 is 0 Å². The summed E-state index contributed by atoms with van der Waals surface area (Å²) in [5, 5.41) is 5.97. The highest BCUT2D eigenvalue weighted by atomic mass is 15.1. The van der Waals surface area contributed by atoms with Crippen LogP contribution in [0.5, 0.6) is 0 Å². The lowest BCUT2D eigenvalue weighted by atomic mass is 9.93. The normalized spacial score (nSPS) is 11.7. The Morgan fingerprint density at radius 1 is 0.259 bits per heavy atom. The van der Waals surface area contributed by atoms with Gasteiger partial charge in [0, 0.05) is 103 Å². The quantitative estimate of drug-likeness (QED) is 0.137. The number of para-hydroxylation sites is 5. The number of aromatic nitrogens is 10. The van der Waals surface area contributed by atoms with Gasteiger partial charge < -0.3 is 0 Å². The summed E-state index contributed by atoms with van der Waals surface area (Å²) in [5.74, 6) is 0.750. The molecular formula is C71H42N10. The molecule has 0 saturated heterocycles. The van der Waals surface area contributed by atoms with Crippen LogP contribution in [0.2, 0.25) is 0 Å². The summed E-state index contributed by atoms with van der Waals surface area (Å²) < 4.78 is 2.28. The topological polar surface area (TPSA) is 121 Å². The van der Waals surface area contributed by atoms with E-state index in [0.717, 1.165) is 161 Å². The maximum atomic E-state index is 5.72. The summed E-state index contributed by atoms with van der Waals surface area (Å²) in [6.07, 6.45) is 11.3. The molecule has 16 aromatic rings. The van der Waals surface area contributed by atoms with E-state index in [1.165, 1.54) is 0 Å². The Bertz CT molecular complexity index is 4790. The van der Waals surface area contributed by atoms with Crippen LogP contribution in [0.15, 0.2) is 256 Å². The zero-order chi connectivity index (χ0) is 53.4. The van der Waals surface area contributed by atoms with Gasteiger partial charge in [-0.25, -0.2) is 15.0 Å². The molecule has 0 fully saturated rings. The molecule has 0 aliphatic rings. The van der Waals surface area contributed by atoms with Gasteiger partial charge in [-0.15, -0.1) is 0 Å². The summed E-state index contributed by atoms with van der Waals surface area (Å²) in [6.45, 7) is 0. The van der Waals surface area contributed by atoms with Crippen LogP contribution < -0.4 is 0 Å². The minimum absolute atomic E-state index is 0.750. The molecular weight excluding hydrogens is 993 g/mol. The summed E-state index contributed by atoms with van der Waals surface area (Å²) >= 11 is 0. The van der Waals surface area contributed by atoms with E-state index in [1.807, 2.05) is 128 Å². The average molecular weight is 1040 g/mol.